The molecule has 0 fully saturated rings. The van der Waals surface area contributed by atoms with Crippen molar-refractivity contribution in [1.82, 2.24) is 0 Å². The maximum Gasteiger partial charge on any atom is 0.313 e. The van der Waals surface area contributed by atoms with Crippen molar-refractivity contribution in [2.24, 2.45) is 0 Å². The minimum absolute atomic E-state index is 0.221. The highest BCUT2D eigenvalue weighted by Gasteiger charge is 2.17. The summed E-state index contributed by atoms with van der Waals surface area (Å²) in [7, 11) is 2.63. The number of methoxy groups -OCH3 is 2. The van der Waals surface area contributed by atoms with Gasteiger partial charge in [0.15, 0.2) is 5.78 Å². The maximum atomic E-state index is 11.9. The van der Waals surface area contributed by atoms with Gasteiger partial charge in [0, 0.05) is 12.6 Å². The molecule has 1 aromatic carbocycles. The third-order valence-electron chi connectivity index (χ3n) is 2.35. The number of hydrogen-bond donors (Lipinski definition) is 1. The van der Waals surface area contributed by atoms with Gasteiger partial charge >= 0.3 is 5.97 Å². The number of anilines is 1. The van der Waals surface area contributed by atoms with Crippen molar-refractivity contribution in [3.05, 3.63) is 23.8 Å². The number of rotatable bonds is 5. The first-order chi connectivity index (χ1) is 8.97. The summed E-state index contributed by atoms with van der Waals surface area (Å²) in [6.45, 7) is 1.36. The molecular weight excluding hydrogens is 250 g/mol. The van der Waals surface area contributed by atoms with Gasteiger partial charge in [-0.2, -0.15) is 0 Å². The van der Waals surface area contributed by atoms with Gasteiger partial charge in [0.05, 0.1) is 19.8 Å². The lowest BCUT2D eigenvalue weighted by Gasteiger charge is -2.10. The highest BCUT2D eigenvalue weighted by atomic mass is 16.5. The van der Waals surface area contributed by atoms with E-state index >= 15 is 0 Å². The van der Waals surface area contributed by atoms with Gasteiger partial charge in [0.1, 0.15) is 12.2 Å². The molecule has 6 nitrogen and oxygen atoms in total. The van der Waals surface area contributed by atoms with Crippen molar-refractivity contribution in [3.8, 4) is 5.75 Å². The van der Waals surface area contributed by atoms with E-state index in [4.69, 9.17) is 4.74 Å². The highest BCUT2D eigenvalue weighted by Crippen LogP contribution is 2.24. The monoisotopic (exact) mass is 265 g/mol. The zero-order valence-electron chi connectivity index (χ0n) is 11.0. The third-order valence-corrected chi connectivity index (χ3v) is 2.35. The SMILES string of the molecule is COC(=O)CC(=O)c1cc(NC(C)=O)ccc1OC. The fourth-order valence-corrected chi connectivity index (χ4v) is 1.51. The zero-order chi connectivity index (χ0) is 14.4. The van der Waals surface area contributed by atoms with E-state index in [0.29, 0.717) is 11.4 Å². The van der Waals surface area contributed by atoms with Crippen LogP contribution in [-0.4, -0.2) is 31.9 Å². The Morgan fingerprint density at radius 3 is 2.42 bits per heavy atom. The van der Waals surface area contributed by atoms with E-state index in [9.17, 15) is 14.4 Å². The Morgan fingerprint density at radius 1 is 1.21 bits per heavy atom. The van der Waals surface area contributed by atoms with Crippen LogP contribution in [0.5, 0.6) is 5.75 Å². The van der Waals surface area contributed by atoms with Crippen molar-refractivity contribution in [2.75, 3.05) is 19.5 Å². The average molecular weight is 265 g/mol. The molecule has 0 radical (unpaired) electrons. The molecule has 1 aromatic rings. The number of hydrogen-bond acceptors (Lipinski definition) is 5. The smallest absolute Gasteiger partial charge is 0.313 e. The van der Waals surface area contributed by atoms with Crippen LogP contribution in [0.3, 0.4) is 0 Å². The number of esters is 1. The predicted octanol–water partition coefficient (Wildman–Crippen LogP) is 1.40. The van der Waals surface area contributed by atoms with Crippen LogP contribution in [0.25, 0.3) is 0 Å². The number of ether oxygens (including phenoxy) is 2. The zero-order valence-corrected chi connectivity index (χ0v) is 11.0. The van der Waals surface area contributed by atoms with Gasteiger partial charge in [-0.3, -0.25) is 14.4 Å². The summed E-state index contributed by atoms with van der Waals surface area (Å²) in [4.78, 5) is 34.0. The summed E-state index contributed by atoms with van der Waals surface area (Å²) >= 11 is 0. The molecule has 0 aliphatic carbocycles. The fraction of sp³-hybridized carbons (Fsp3) is 0.308. The van der Waals surface area contributed by atoms with Crippen molar-refractivity contribution < 1.29 is 23.9 Å². The molecule has 0 spiro atoms. The molecule has 1 rings (SSSR count). The van der Waals surface area contributed by atoms with E-state index in [1.54, 1.807) is 12.1 Å². The number of Topliss-reactive ketones (excluding diaryl/α,β-unsaturated/α-hetero) is 1. The second kappa shape index (κ2) is 6.53. The Hall–Kier alpha value is -2.37. The summed E-state index contributed by atoms with van der Waals surface area (Å²) in [5.41, 5.74) is 0.681. The summed E-state index contributed by atoms with van der Waals surface area (Å²) in [6, 6.07) is 4.62. The molecule has 1 N–H and O–H groups in total. The Labute approximate surface area is 110 Å². The second-order valence-electron chi connectivity index (χ2n) is 3.77. The first-order valence-electron chi connectivity index (χ1n) is 5.53. The number of amides is 1. The van der Waals surface area contributed by atoms with Crippen LogP contribution in [0.4, 0.5) is 5.69 Å². The van der Waals surface area contributed by atoms with Gasteiger partial charge in [0.2, 0.25) is 5.91 Å². The number of carbonyl (C=O) groups is 3. The lowest BCUT2D eigenvalue weighted by molar-refractivity contribution is -0.139. The van der Waals surface area contributed by atoms with Crippen molar-refractivity contribution >= 4 is 23.3 Å². The van der Waals surface area contributed by atoms with Gasteiger partial charge in [0.25, 0.3) is 0 Å². The van der Waals surface area contributed by atoms with E-state index in [1.165, 1.54) is 27.2 Å². The first kappa shape index (κ1) is 14.7. The lowest BCUT2D eigenvalue weighted by atomic mass is 10.1. The van der Waals surface area contributed by atoms with Crippen LogP contribution in [-0.2, 0) is 14.3 Å². The molecule has 0 heterocycles. The second-order valence-corrected chi connectivity index (χ2v) is 3.77. The Morgan fingerprint density at radius 2 is 1.89 bits per heavy atom. The predicted molar refractivity (Wildman–Crippen MR) is 68.3 cm³/mol. The van der Waals surface area contributed by atoms with Crippen LogP contribution < -0.4 is 10.1 Å². The van der Waals surface area contributed by atoms with Crippen LogP contribution in [0, 0.1) is 0 Å². The topological polar surface area (TPSA) is 81.7 Å². The minimum atomic E-state index is -0.628. The van der Waals surface area contributed by atoms with Crippen molar-refractivity contribution in [2.45, 2.75) is 13.3 Å². The molecular formula is C13H15NO5. The molecule has 1 amide bonds. The van der Waals surface area contributed by atoms with Crippen LogP contribution in [0.15, 0.2) is 18.2 Å². The first-order valence-corrected chi connectivity index (χ1v) is 5.53. The van der Waals surface area contributed by atoms with Gasteiger partial charge < -0.3 is 14.8 Å². The van der Waals surface area contributed by atoms with Crippen LogP contribution in [0.1, 0.15) is 23.7 Å². The maximum absolute atomic E-state index is 11.9. The number of nitrogens with one attached hydrogen (secondary N) is 1. The molecule has 0 saturated heterocycles. The van der Waals surface area contributed by atoms with Crippen LogP contribution in [0.2, 0.25) is 0 Å². The summed E-state index contributed by atoms with van der Waals surface area (Å²) < 4.78 is 9.50. The summed E-state index contributed by atoms with van der Waals surface area (Å²) in [5, 5.41) is 2.56. The van der Waals surface area contributed by atoms with E-state index < -0.39 is 11.8 Å². The van der Waals surface area contributed by atoms with Gasteiger partial charge in [-0.05, 0) is 18.2 Å². The Balaban J connectivity index is 3.04. The quantitative estimate of drug-likeness (QED) is 0.494. The molecule has 0 atom stereocenters. The molecule has 0 unspecified atom stereocenters. The van der Waals surface area contributed by atoms with E-state index in [-0.39, 0.29) is 17.9 Å². The number of carbonyl (C=O) groups excluding carboxylic acids is 3. The number of ketones is 1. The van der Waals surface area contributed by atoms with E-state index in [2.05, 4.69) is 10.1 Å². The standard InChI is InChI=1S/C13H15NO5/c1-8(15)14-9-4-5-12(18-2)10(6-9)11(16)7-13(17)19-3/h4-6H,7H2,1-3H3,(H,14,15). The molecule has 0 bridgehead atoms. The fourth-order valence-electron chi connectivity index (χ4n) is 1.51. The molecule has 0 saturated carbocycles. The van der Waals surface area contributed by atoms with E-state index in [0.717, 1.165) is 0 Å². The highest BCUT2D eigenvalue weighted by molar-refractivity contribution is 6.08. The molecule has 19 heavy (non-hydrogen) atoms. The molecule has 0 aliphatic rings. The molecule has 0 aliphatic heterocycles. The molecule has 102 valence electrons. The normalized spacial score (nSPS) is 9.63. The van der Waals surface area contributed by atoms with Gasteiger partial charge in [-0.25, -0.2) is 0 Å². The van der Waals surface area contributed by atoms with E-state index in [1.807, 2.05) is 0 Å². The Bertz CT molecular complexity index is 510. The average Bonchev–Trinajstić information content (AvgIpc) is 2.37. The van der Waals surface area contributed by atoms with Crippen LogP contribution >= 0.6 is 0 Å². The van der Waals surface area contributed by atoms with Gasteiger partial charge in [-0.1, -0.05) is 0 Å². The van der Waals surface area contributed by atoms with Crippen molar-refractivity contribution in [3.63, 3.8) is 0 Å². The lowest BCUT2D eigenvalue weighted by Crippen LogP contribution is -2.12. The largest absolute Gasteiger partial charge is 0.496 e. The Kier molecular flexibility index (Phi) is 5.05. The molecule has 6 heteroatoms. The number of benzene rings is 1. The van der Waals surface area contributed by atoms with Crippen molar-refractivity contribution in [1.29, 1.82) is 0 Å². The third kappa shape index (κ3) is 4.09. The minimum Gasteiger partial charge on any atom is -0.496 e. The summed E-state index contributed by atoms with van der Waals surface area (Å²) in [5.74, 6) is -0.979. The van der Waals surface area contributed by atoms with Gasteiger partial charge in [-0.15, -0.1) is 0 Å². The summed E-state index contributed by atoms with van der Waals surface area (Å²) in [6.07, 6.45) is -0.379. The molecule has 0 aromatic heterocycles.